The molecule has 0 bridgehead atoms. The maximum Gasteiger partial charge on any atom is 0.181 e. The van der Waals surface area contributed by atoms with Gasteiger partial charge >= 0.3 is 0 Å². The van der Waals surface area contributed by atoms with Crippen molar-refractivity contribution in [1.82, 2.24) is 18.3 Å². The van der Waals surface area contributed by atoms with Gasteiger partial charge < -0.3 is 18.3 Å². The number of hydrogen-bond donors (Lipinski definition) is 0. The second-order valence-corrected chi connectivity index (χ2v) is 27.2. The van der Waals surface area contributed by atoms with Crippen LogP contribution in [-0.2, 0) is 0 Å². The van der Waals surface area contributed by atoms with Crippen molar-refractivity contribution in [2.75, 3.05) is 0 Å². The molecule has 6 heteroatoms. The van der Waals surface area contributed by atoms with E-state index in [0.29, 0.717) is 0 Å². The van der Waals surface area contributed by atoms with E-state index >= 15 is 0 Å². The topological polar surface area (TPSA) is 19.7 Å². The Hall–Kier alpha value is -10.5. The van der Waals surface area contributed by atoms with Gasteiger partial charge in [-0.3, -0.25) is 0 Å². The van der Waals surface area contributed by atoms with Gasteiger partial charge in [0.2, 0.25) is 0 Å². The monoisotopic (exact) mass is 1100 g/mol. The van der Waals surface area contributed by atoms with E-state index in [2.05, 4.69) is 322 Å². The van der Waals surface area contributed by atoms with Crippen molar-refractivity contribution in [3.63, 3.8) is 0 Å². The van der Waals surface area contributed by atoms with Crippen LogP contribution < -0.4 is 20.7 Å². The molecule has 0 N–H and O–H groups in total. The van der Waals surface area contributed by atoms with E-state index in [4.69, 9.17) is 0 Å². The maximum absolute atomic E-state index is 3.30. The summed E-state index contributed by atoms with van der Waals surface area (Å²) in [5.74, 6) is 0. The summed E-state index contributed by atoms with van der Waals surface area (Å²) in [5.41, 5.74) is 14.1. The Morgan fingerprint density at radius 3 is 0.976 bits per heavy atom. The van der Waals surface area contributed by atoms with Crippen molar-refractivity contribution in [1.29, 1.82) is 0 Å². The first-order chi connectivity index (χ1) is 41.7. The summed E-state index contributed by atoms with van der Waals surface area (Å²) in [6, 6.07) is 114. The zero-order chi connectivity index (χ0) is 55.0. The fourth-order valence-corrected chi connectivity index (χ4v) is 21.2. The summed E-state index contributed by atoms with van der Waals surface area (Å²) in [6.07, 6.45) is 0. The molecular formula is C78H50N4SSi. The molecule has 392 valence electrons. The number of para-hydroxylation sites is 6. The van der Waals surface area contributed by atoms with E-state index in [-0.39, 0.29) is 0 Å². The van der Waals surface area contributed by atoms with E-state index in [1.807, 2.05) is 11.3 Å². The normalized spacial score (nSPS) is 12.3. The Morgan fingerprint density at radius 1 is 0.214 bits per heavy atom. The SMILES string of the molecule is c1ccc([Si](c2cccc(-n3c4ccccc4c4cc(-n5c6ccccc6c6ccccc65)ccc43)c2)(c2cccc(-n3c4ccccc4c4cc(-n5c6ccccc6c6ccccc65)ccc43)c2)c2cccc3c2sc2ccccc23)cc1. The van der Waals surface area contributed by atoms with Gasteiger partial charge in [0, 0.05) is 86.0 Å². The van der Waals surface area contributed by atoms with Crippen LogP contribution in [-0.4, -0.2) is 26.3 Å². The molecule has 0 aliphatic carbocycles. The molecule has 0 amide bonds. The number of benzene rings is 13. The van der Waals surface area contributed by atoms with Crippen molar-refractivity contribution in [2.45, 2.75) is 0 Å². The van der Waals surface area contributed by atoms with Crippen LogP contribution in [0.15, 0.2) is 303 Å². The largest absolute Gasteiger partial charge is 0.309 e. The van der Waals surface area contributed by atoms with Gasteiger partial charge in [-0.25, -0.2) is 0 Å². The molecule has 0 fully saturated rings. The molecule has 84 heavy (non-hydrogen) atoms. The molecule has 0 aliphatic heterocycles. The first-order valence-electron chi connectivity index (χ1n) is 28.9. The minimum atomic E-state index is -3.30. The van der Waals surface area contributed by atoms with Crippen LogP contribution in [0.3, 0.4) is 0 Å². The van der Waals surface area contributed by atoms with E-state index < -0.39 is 8.07 Å². The molecule has 0 radical (unpaired) electrons. The lowest BCUT2D eigenvalue weighted by atomic mass is 10.1. The van der Waals surface area contributed by atoms with Crippen molar-refractivity contribution in [3.05, 3.63) is 303 Å². The van der Waals surface area contributed by atoms with Gasteiger partial charge in [-0.2, -0.15) is 0 Å². The summed E-state index contributed by atoms with van der Waals surface area (Å²) in [4.78, 5) is 0. The Labute approximate surface area is 488 Å². The second kappa shape index (κ2) is 18.3. The summed E-state index contributed by atoms with van der Waals surface area (Å²) in [7, 11) is -3.30. The molecule has 13 aromatic carbocycles. The Bertz CT molecular complexity index is 5330. The van der Waals surface area contributed by atoms with Gasteiger partial charge in [0.1, 0.15) is 0 Å². The number of aromatic nitrogens is 4. The van der Waals surface area contributed by atoms with Crippen LogP contribution in [0.1, 0.15) is 0 Å². The zero-order valence-electron chi connectivity index (χ0n) is 45.6. The zero-order valence-corrected chi connectivity index (χ0v) is 47.4. The van der Waals surface area contributed by atoms with Gasteiger partial charge in [0.15, 0.2) is 8.07 Å². The fourth-order valence-electron chi connectivity index (χ4n) is 14.6. The van der Waals surface area contributed by atoms with Gasteiger partial charge in [-0.05, 0) is 124 Å². The fraction of sp³-hybridized carbons (Fsp3) is 0. The van der Waals surface area contributed by atoms with E-state index in [9.17, 15) is 0 Å². The minimum Gasteiger partial charge on any atom is -0.309 e. The standard InChI is InChI=1S/C78H50N4SSi/c1-2-23-55(24-3-1)84(77-42-20-34-65-64-33-10-17-41-76(64)83-78(65)77,56-25-18-21-51(47-56)79-72-39-15-8-31-62(72)66-49-53(43-45-74(66)79)81-68-35-11-4-27-58(68)59-28-5-12-36-69(59)81)57-26-19-22-52(48-57)80-73-40-16-9-32-63(73)67-50-54(44-46-75(67)80)82-70-37-13-6-29-60(70)61-30-7-14-38-71(61)82/h1-50H. The summed E-state index contributed by atoms with van der Waals surface area (Å²) in [5, 5.41) is 17.9. The molecule has 18 rings (SSSR count). The molecule has 0 unspecified atom stereocenters. The first-order valence-corrected chi connectivity index (χ1v) is 31.7. The minimum absolute atomic E-state index is 1.14. The molecule has 0 atom stereocenters. The highest BCUT2D eigenvalue weighted by Crippen LogP contribution is 2.40. The molecule has 5 aromatic heterocycles. The number of nitrogens with zero attached hydrogens (tertiary/aromatic N) is 4. The molecular weight excluding hydrogens is 1050 g/mol. The Balaban J connectivity index is 0.882. The summed E-state index contributed by atoms with van der Waals surface area (Å²) in [6.45, 7) is 0. The lowest BCUT2D eigenvalue weighted by Gasteiger charge is -2.35. The van der Waals surface area contributed by atoms with Crippen molar-refractivity contribution >= 4 is 148 Å². The first kappa shape index (κ1) is 47.2. The third-order valence-corrected chi connectivity index (χ3v) is 24.3. The van der Waals surface area contributed by atoms with Gasteiger partial charge in [-0.15, -0.1) is 11.3 Å². The van der Waals surface area contributed by atoms with Crippen LogP contribution in [0.25, 0.3) is 130 Å². The van der Waals surface area contributed by atoms with E-state index in [1.165, 1.54) is 128 Å². The molecule has 0 spiro atoms. The van der Waals surface area contributed by atoms with Crippen molar-refractivity contribution in [3.8, 4) is 22.7 Å². The highest BCUT2D eigenvalue weighted by Gasteiger charge is 2.44. The quantitative estimate of drug-likeness (QED) is 0.107. The molecule has 0 saturated heterocycles. The number of rotatable bonds is 8. The van der Waals surface area contributed by atoms with Crippen LogP contribution in [0, 0.1) is 0 Å². The predicted molar refractivity (Wildman–Crippen MR) is 360 cm³/mol. The highest BCUT2D eigenvalue weighted by molar-refractivity contribution is 7.30. The smallest absolute Gasteiger partial charge is 0.181 e. The lowest BCUT2D eigenvalue weighted by Crippen LogP contribution is -2.74. The van der Waals surface area contributed by atoms with Crippen LogP contribution >= 0.6 is 11.3 Å². The maximum atomic E-state index is 2.54. The third kappa shape index (κ3) is 6.69. The lowest BCUT2D eigenvalue weighted by molar-refractivity contribution is 1.17. The molecule has 5 heterocycles. The van der Waals surface area contributed by atoms with Gasteiger partial charge in [-0.1, -0.05) is 200 Å². The Kier molecular flexibility index (Phi) is 10.2. The van der Waals surface area contributed by atoms with Crippen LogP contribution in [0.4, 0.5) is 0 Å². The van der Waals surface area contributed by atoms with E-state index in [1.54, 1.807) is 0 Å². The highest BCUT2D eigenvalue weighted by atomic mass is 32.1. The number of fused-ring (bicyclic) bond motifs is 15. The average Bonchev–Trinajstić information content (AvgIpc) is 1.49. The van der Waals surface area contributed by atoms with Crippen molar-refractivity contribution in [2.24, 2.45) is 0 Å². The predicted octanol–water partition coefficient (Wildman–Crippen LogP) is 17.8. The summed E-state index contributed by atoms with van der Waals surface area (Å²) < 4.78 is 12.5. The molecule has 18 aromatic rings. The molecule has 0 saturated carbocycles. The van der Waals surface area contributed by atoms with Crippen molar-refractivity contribution < 1.29 is 0 Å². The number of hydrogen-bond acceptors (Lipinski definition) is 1. The summed E-state index contributed by atoms with van der Waals surface area (Å²) >= 11 is 1.93. The second-order valence-electron chi connectivity index (χ2n) is 22.3. The number of thiophene rings is 1. The van der Waals surface area contributed by atoms with Crippen LogP contribution in [0.5, 0.6) is 0 Å². The molecule has 0 aliphatic rings. The molecule has 4 nitrogen and oxygen atoms in total. The third-order valence-electron chi connectivity index (χ3n) is 18.1. The van der Waals surface area contributed by atoms with Crippen LogP contribution in [0.2, 0.25) is 0 Å². The Morgan fingerprint density at radius 2 is 0.536 bits per heavy atom. The van der Waals surface area contributed by atoms with Gasteiger partial charge in [0.05, 0.1) is 44.1 Å². The van der Waals surface area contributed by atoms with E-state index in [0.717, 1.165) is 22.7 Å². The van der Waals surface area contributed by atoms with Gasteiger partial charge in [0.25, 0.3) is 0 Å². The average molecular weight is 1100 g/mol.